The molecule has 2 fully saturated rings. The molecule has 2 saturated heterocycles. The van der Waals surface area contributed by atoms with Crippen molar-refractivity contribution in [1.82, 2.24) is 20.0 Å². The van der Waals surface area contributed by atoms with Crippen molar-refractivity contribution in [2.45, 2.75) is 32.7 Å². The lowest BCUT2D eigenvalue weighted by Crippen LogP contribution is -2.52. The summed E-state index contributed by atoms with van der Waals surface area (Å²) in [5.74, 6) is 0.253. The lowest BCUT2D eigenvalue weighted by Gasteiger charge is -2.35. The summed E-state index contributed by atoms with van der Waals surface area (Å²) in [4.78, 5) is 29.8. The van der Waals surface area contributed by atoms with Gasteiger partial charge >= 0.3 is 0 Å². The highest BCUT2D eigenvalue weighted by Gasteiger charge is 2.23. The fourth-order valence-electron chi connectivity index (χ4n) is 3.09. The number of carbonyl (C=O) groups is 2. The van der Waals surface area contributed by atoms with Crippen molar-refractivity contribution in [2.75, 3.05) is 52.4 Å². The summed E-state index contributed by atoms with van der Waals surface area (Å²) in [5.41, 5.74) is 0. The van der Waals surface area contributed by atoms with Crippen LogP contribution < -0.4 is 5.32 Å². The third-order valence-electron chi connectivity index (χ3n) is 4.58. The van der Waals surface area contributed by atoms with Gasteiger partial charge in [-0.25, -0.2) is 0 Å². The Balaban J connectivity index is 1.65. The molecule has 21 heavy (non-hydrogen) atoms. The molecule has 0 bridgehead atoms. The lowest BCUT2D eigenvalue weighted by molar-refractivity contribution is -0.131. The van der Waals surface area contributed by atoms with Gasteiger partial charge in [0, 0.05) is 52.2 Å². The maximum atomic E-state index is 12.1. The predicted octanol–water partition coefficient (Wildman–Crippen LogP) is -0.249. The van der Waals surface area contributed by atoms with E-state index in [2.05, 4.69) is 22.0 Å². The second kappa shape index (κ2) is 7.75. The molecule has 0 aliphatic carbocycles. The average Bonchev–Trinajstić information content (AvgIpc) is 2.48. The van der Waals surface area contributed by atoms with Crippen LogP contribution in [-0.2, 0) is 9.59 Å². The Morgan fingerprint density at radius 2 is 1.62 bits per heavy atom. The maximum absolute atomic E-state index is 12.1. The summed E-state index contributed by atoms with van der Waals surface area (Å²) >= 11 is 0. The highest BCUT2D eigenvalue weighted by atomic mass is 16.2. The van der Waals surface area contributed by atoms with Crippen LogP contribution in [0.5, 0.6) is 0 Å². The molecule has 0 aromatic rings. The predicted molar refractivity (Wildman–Crippen MR) is 82.0 cm³/mol. The van der Waals surface area contributed by atoms with Gasteiger partial charge in [0.25, 0.3) is 0 Å². The van der Waals surface area contributed by atoms with Gasteiger partial charge < -0.3 is 15.1 Å². The maximum Gasteiger partial charge on any atom is 0.234 e. The van der Waals surface area contributed by atoms with Gasteiger partial charge in [0.05, 0.1) is 6.54 Å². The quantitative estimate of drug-likeness (QED) is 0.777. The summed E-state index contributed by atoms with van der Waals surface area (Å²) in [7, 11) is 0. The third-order valence-corrected chi connectivity index (χ3v) is 4.58. The molecule has 0 atom stereocenters. The van der Waals surface area contributed by atoms with E-state index in [0.29, 0.717) is 12.6 Å². The Morgan fingerprint density at radius 1 is 1.00 bits per heavy atom. The number of amides is 2. The molecule has 0 aromatic heterocycles. The molecule has 2 rings (SSSR count). The van der Waals surface area contributed by atoms with Crippen molar-refractivity contribution < 1.29 is 9.59 Å². The second-order valence-electron chi connectivity index (χ2n) is 6.06. The molecule has 0 aromatic carbocycles. The number of piperazine rings is 1. The van der Waals surface area contributed by atoms with Crippen molar-refractivity contribution in [3.05, 3.63) is 0 Å². The van der Waals surface area contributed by atoms with Gasteiger partial charge in [-0.15, -0.1) is 0 Å². The minimum Gasteiger partial charge on any atom is -0.352 e. The van der Waals surface area contributed by atoms with Crippen LogP contribution in [0, 0.1) is 0 Å². The molecule has 0 spiro atoms. The first-order valence-electron chi connectivity index (χ1n) is 8.08. The number of hydrogen-bond acceptors (Lipinski definition) is 4. The Labute approximate surface area is 127 Å². The van der Waals surface area contributed by atoms with Gasteiger partial charge in [0.15, 0.2) is 0 Å². The Morgan fingerprint density at radius 3 is 2.14 bits per heavy atom. The summed E-state index contributed by atoms with van der Waals surface area (Å²) in [6, 6.07) is 0.332. The zero-order valence-electron chi connectivity index (χ0n) is 13.3. The van der Waals surface area contributed by atoms with Gasteiger partial charge in [-0.1, -0.05) is 6.92 Å². The van der Waals surface area contributed by atoms with E-state index in [-0.39, 0.29) is 11.8 Å². The van der Waals surface area contributed by atoms with E-state index in [1.54, 1.807) is 6.92 Å². The van der Waals surface area contributed by atoms with Crippen molar-refractivity contribution in [3.8, 4) is 0 Å². The van der Waals surface area contributed by atoms with Crippen LogP contribution >= 0.6 is 0 Å². The molecular weight excluding hydrogens is 268 g/mol. The fourth-order valence-corrected chi connectivity index (χ4v) is 3.09. The van der Waals surface area contributed by atoms with Crippen LogP contribution in [0.25, 0.3) is 0 Å². The number of nitrogens with zero attached hydrogens (tertiary/aromatic N) is 3. The highest BCUT2D eigenvalue weighted by molar-refractivity contribution is 5.78. The molecule has 2 aliphatic rings. The highest BCUT2D eigenvalue weighted by Crippen LogP contribution is 2.10. The summed E-state index contributed by atoms with van der Waals surface area (Å²) in [6.07, 6.45) is 2.11. The summed E-state index contributed by atoms with van der Waals surface area (Å²) < 4.78 is 0. The first-order valence-corrected chi connectivity index (χ1v) is 8.08. The van der Waals surface area contributed by atoms with Crippen molar-refractivity contribution >= 4 is 11.8 Å². The van der Waals surface area contributed by atoms with Crippen LogP contribution in [0.2, 0.25) is 0 Å². The van der Waals surface area contributed by atoms with Crippen molar-refractivity contribution in [2.24, 2.45) is 0 Å². The molecule has 0 unspecified atom stereocenters. The SMILES string of the molecule is CCN1CCC(NC(=O)CN2CCN(C(C)=O)CC2)CC1. The molecule has 2 heterocycles. The Hall–Kier alpha value is -1.14. The first kappa shape index (κ1) is 16.2. The largest absolute Gasteiger partial charge is 0.352 e. The van der Waals surface area contributed by atoms with E-state index < -0.39 is 0 Å². The monoisotopic (exact) mass is 296 g/mol. The van der Waals surface area contributed by atoms with E-state index in [0.717, 1.165) is 58.7 Å². The first-order chi connectivity index (χ1) is 10.1. The second-order valence-corrected chi connectivity index (χ2v) is 6.06. The number of nitrogens with one attached hydrogen (secondary N) is 1. The molecule has 0 saturated carbocycles. The smallest absolute Gasteiger partial charge is 0.234 e. The molecule has 120 valence electrons. The van der Waals surface area contributed by atoms with Crippen LogP contribution in [0.1, 0.15) is 26.7 Å². The average molecular weight is 296 g/mol. The molecule has 2 amide bonds. The topological polar surface area (TPSA) is 55.9 Å². The molecule has 6 heteroatoms. The standard InChI is InChI=1S/C15H28N4O2/c1-3-17-6-4-14(5-7-17)16-15(21)12-18-8-10-19(11-9-18)13(2)20/h14H,3-12H2,1-2H3,(H,16,21). The van der Waals surface area contributed by atoms with E-state index in [1.807, 2.05) is 4.90 Å². The van der Waals surface area contributed by atoms with E-state index in [4.69, 9.17) is 0 Å². The summed E-state index contributed by atoms with van der Waals surface area (Å²) in [5, 5.41) is 3.16. The minimum atomic E-state index is 0.126. The van der Waals surface area contributed by atoms with Gasteiger partial charge in [-0.05, 0) is 19.4 Å². The van der Waals surface area contributed by atoms with Crippen LogP contribution in [-0.4, -0.2) is 84.9 Å². The molecule has 0 radical (unpaired) electrons. The van der Waals surface area contributed by atoms with E-state index in [9.17, 15) is 9.59 Å². The van der Waals surface area contributed by atoms with Gasteiger partial charge in [0.2, 0.25) is 11.8 Å². The molecule has 2 aliphatic heterocycles. The van der Waals surface area contributed by atoms with Crippen molar-refractivity contribution in [1.29, 1.82) is 0 Å². The molecule has 1 N–H and O–H groups in total. The fraction of sp³-hybridized carbons (Fsp3) is 0.867. The van der Waals surface area contributed by atoms with Gasteiger partial charge in [-0.3, -0.25) is 14.5 Å². The van der Waals surface area contributed by atoms with E-state index >= 15 is 0 Å². The minimum absolute atomic E-state index is 0.126. The lowest BCUT2D eigenvalue weighted by atomic mass is 10.1. The number of piperidine rings is 1. The van der Waals surface area contributed by atoms with Crippen LogP contribution in [0.15, 0.2) is 0 Å². The normalized spacial score (nSPS) is 22.3. The molecular formula is C15H28N4O2. The van der Waals surface area contributed by atoms with Crippen LogP contribution in [0.4, 0.5) is 0 Å². The van der Waals surface area contributed by atoms with Crippen molar-refractivity contribution in [3.63, 3.8) is 0 Å². The Kier molecular flexibility index (Phi) is 5.99. The number of carbonyl (C=O) groups excluding carboxylic acids is 2. The zero-order valence-corrected chi connectivity index (χ0v) is 13.3. The van der Waals surface area contributed by atoms with Gasteiger partial charge in [0.1, 0.15) is 0 Å². The number of hydrogen-bond donors (Lipinski definition) is 1. The summed E-state index contributed by atoms with van der Waals surface area (Å²) in [6.45, 7) is 10.6. The third kappa shape index (κ3) is 4.97. The zero-order chi connectivity index (χ0) is 15.2. The van der Waals surface area contributed by atoms with E-state index in [1.165, 1.54) is 0 Å². The number of likely N-dealkylation sites (tertiary alicyclic amines) is 1. The number of rotatable bonds is 4. The molecule has 6 nitrogen and oxygen atoms in total. The van der Waals surface area contributed by atoms with Gasteiger partial charge in [-0.2, -0.15) is 0 Å². The Bertz CT molecular complexity index is 359. The van der Waals surface area contributed by atoms with Crippen LogP contribution in [0.3, 0.4) is 0 Å².